The molecule has 1 heterocycles. The molecule has 1 aliphatic heterocycles. The van der Waals surface area contributed by atoms with E-state index in [1.807, 2.05) is 11.8 Å². The lowest BCUT2D eigenvalue weighted by Gasteiger charge is -2.24. The fourth-order valence-corrected chi connectivity index (χ4v) is 5.65. The number of ether oxygens (including phenoxy) is 3. The van der Waals surface area contributed by atoms with Crippen LogP contribution in [0.15, 0.2) is 0 Å². The Morgan fingerprint density at radius 1 is 0.951 bits per heavy atom. The molecule has 1 fully saturated rings. The molecular weight excluding hydrogens is 546 g/mol. The number of alkyl halides is 1. The monoisotopic (exact) mass is 603 g/mol. The van der Waals surface area contributed by atoms with Gasteiger partial charge in [-0.15, -0.1) is 11.6 Å². The summed E-state index contributed by atoms with van der Waals surface area (Å²) in [5, 5.41) is 5.83. The summed E-state index contributed by atoms with van der Waals surface area (Å²) in [5.74, 6) is 0.822. The number of halogens is 1. The Balaban J connectivity index is 2.01. The first-order valence-electron chi connectivity index (χ1n) is 15.8. The predicted octanol–water partition coefficient (Wildman–Crippen LogP) is 5.04. The van der Waals surface area contributed by atoms with Crippen molar-refractivity contribution in [3.8, 4) is 0 Å². The zero-order valence-electron chi connectivity index (χ0n) is 26.4. The molecule has 0 aromatic heterocycles. The van der Waals surface area contributed by atoms with E-state index in [0.717, 1.165) is 77.2 Å². The minimum atomic E-state index is -0.407. The van der Waals surface area contributed by atoms with E-state index in [-0.39, 0.29) is 35.1 Å². The van der Waals surface area contributed by atoms with Crippen molar-refractivity contribution in [1.82, 2.24) is 15.5 Å². The zero-order chi connectivity index (χ0) is 30.5. The number of unbranched alkanes of at least 4 members (excludes halogenated alkanes) is 4. The van der Waals surface area contributed by atoms with Gasteiger partial charge in [-0.05, 0) is 57.3 Å². The Bertz CT molecular complexity index is 728. The van der Waals surface area contributed by atoms with Gasteiger partial charge in [0.1, 0.15) is 0 Å². The number of nitrogens with zero attached hydrogens (tertiary/aromatic N) is 1. The number of hydrogen-bond acceptors (Lipinski definition) is 6. The molecule has 0 aromatic rings. The average Bonchev–Trinajstić information content (AvgIpc) is 3.32. The van der Waals surface area contributed by atoms with Crippen molar-refractivity contribution in [3.63, 3.8) is 0 Å². The van der Waals surface area contributed by atoms with E-state index < -0.39 is 6.29 Å². The maximum absolute atomic E-state index is 12.6. The van der Waals surface area contributed by atoms with Crippen LogP contribution in [0.3, 0.4) is 0 Å². The molecule has 1 saturated heterocycles. The molecule has 2 N–H and O–H groups in total. The number of hydrogen-bond donors (Lipinski definition) is 2. The minimum Gasteiger partial charge on any atom is -0.383 e. The van der Waals surface area contributed by atoms with Crippen LogP contribution in [0.5, 0.6) is 0 Å². The molecule has 9 nitrogen and oxygen atoms in total. The molecule has 0 aromatic carbocycles. The number of methoxy groups -OCH3 is 2. The van der Waals surface area contributed by atoms with Crippen LogP contribution in [0.1, 0.15) is 104 Å². The predicted molar refractivity (Wildman–Crippen MR) is 164 cm³/mol. The SMILES string of the molecule is CCCC(Cl)C(OC)OCCCCC(=O)NCCCCC(C)C(=O)NCCCCCC(=O)N1CC(C)C[C@H]1COC. The summed E-state index contributed by atoms with van der Waals surface area (Å²) < 4.78 is 16.3. The van der Waals surface area contributed by atoms with Gasteiger partial charge in [-0.3, -0.25) is 14.4 Å². The van der Waals surface area contributed by atoms with Crippen LogP contribution in [0.25, 0.3) is 0 Å². The van der Waals surface area contributed by atoms with Crippen molar-refractivity contribution < 1.29 is 28.6 Å². The summed E-state index contributed by atoms with van der Waals surface area (Å²) in [6.45, 7) is 9.43. The normalized spacial score (nSPS) is 19.1. The Morgan fingerprint density at radius 3 is 2.37 bits per heavy atom. The highest BCUT2D eigenvalue weighted by Gasteiger charge is 2.32. The summed E-state index contributed by atoms with van der Waals surface area (Å²) in [7, 11) is 3.28. The van der Waals surface area contributed by atoms with Gasteiger partial charge >= 0.3 is 0 Å². The lowest BCUT2D eigenvalue weighted by Crippen LogP contribution is -2.38. The Labute approximate surface area is 254 Å². The molecule has 0 bridgehead atoms. The van der Waals surface area contributed by atoms with Crippen LogP contribution in [0.4, 0.5) is 0 Å². The smallest absolute Gasteiger partial charge is 0.222 e. The Morgan fingerprint density at radius 2 is 1.66 bits per heavy atom. The van der Waals surface area contributed by atoms with Crippen molar-refractivity contribution >= 4 is 29.3 Å². The maximum Gasteiger partial charge on any atom is 0.222 e. The van der Waals surface area contributed by atoms with E-state index in [1.54, 1.807) is 14.2 Å². The van der Waals surface area contributed by atoms with Gasteiger partial charge in [0.2, 0.25) is 17.7 Å². The second-order valence-electron chi connectivity index (χ2n) is 11.6. The molecule has 0 radical (unpaired) electrons. The third-order valence-electron chi connectivity index (χ3n) is 7.68. The molecule has 3 amide bonds. The summed E-state index contributed by atoms with van der Waals surface area (Å²) >= 11 is 6.26. The number of rotatable bonds is 24. The molecule has 0 saturated carbocycles. The number of carbonyl (C=O) groups is 3. The van der Waals surface area contributed by atoms with Crippen LogP contribution < -0.4 is 10.6 Å². The van der Waals surface area contributed by atoms with Gasteiger partial charge in [0.05, 0.1) is 18.0 Å². The third-order valence-corrected chi connectivity index (χ3v) is 8.10. The van der Waals surface area contributed by atoms with E-state index in [0.29, 0.717) is 45.1 Å². The van der Waals surface area contributed by atoms with Gasteiger partial charge in [0.15, 0.2) is 6.29 Å². The highest BCUT2D eigenvalue weighted by Crippen LogP contribution is 2.24. The first-order valence-corrected chi connectivity index (χ1v) is 16.3. The van der Waals surface area contributed by atoms with Crippen molar-refractivity contribution in [1.29, 1.82) is 0 Å². The molecule has 240 valence electrons. The van der Waals surface area contributed by atoms with E-state index >= 15 is 0 Å². The standard InChI is InChI=1S/C31H58ClN3O6/c1-6-14-27(32)31(40-5)41-20-13-10-16-28(36)33-18-12-9-15-25(3)30(38)34-19-11-7-8-17-29(37)35-22-24(2)21-26(35)23-39-4/h24-27,31H,6-23H2,1-5H3,(H,33,36)(H,34,38)/t24?,25?,26-,27?,31?/m0/s1. The van der Waals surface area contributed by atoms with Crippen molar-refractivity contribution in [2.45, 2.75) is 122 Å². The topological polar surface area (TPSA) is 106 Å². The molecule has 0 spiro atoms. The van der Waals surface area contributed by atoms with E-state index in [4.69, 9.17) is 25.8 Å². The molecule has 5 atom stereocenters. The van der Waals surface area contributed by atoms with E-state index in [9.17, 15) is 14.4 Å². The molecule has 41 heavy (non-hydrogen) atoms. The van der Waals surface area contributed by atoms with Crippen molar-refractivity contribution in [3.05, 3.63) is 0 Å². The van der Waals surface area contributed by atoms with Crippen molar-refractivity contribution in [2.24, 2.45) is 11.8 Å². The lowest BCUT2D eigenvalue weighted by molar-refractivity contribution is -0.133. The number of likely N-dealkylation sites (tertiary alicyclic amines) is 1. The van der Waals surface area contributed by atoms with Crippen LogP contribution in [0.2, 0.25) is 0 Å². The minimum absolute atomic E-state index is 0.0479. The highest BCUT2D eigenvalue weighted by atomic mass is 35.5. The zero-order valence-corrected chi connectivity index (χ0v) is 27.1. The first-order chi connectivity index (χ1) is 19.7. The molecule has 4 unspecified atom stereocenters. The summed E-state index contributed by atoms with van der Waals surface area (Å²) in [4.78, 5) is 39.0. The maximum atomic E-state index is 12.6. The highest BCUT2D eigenvalue weighted by molar-refractivity contribution is 6.20. The second-order valence-corrected chi connectivity index (χ2v) is 12.1. The second kappa shape index (κ2) is 23.1. The number of carbonyl (C=O) groups excluding carboxylic acids is 3. The van der Waals surface area contributed by atoms with Gasteiger partial charge in [-0.1, -0.05) is 40.0 Å². The van der Waals surface area contributed by atoms with Gasteiger partial charge in [0, 0.05) is 59.2 Å². The Hall–Kier alpha value is -1.42. The molecular formula is C31H58ClN3O6. The summed E-state index contributed by atoms with van der Waals surface area (Å²) in [6, 6.07) is 0.209. The van der Waals surface area contributed by atoms with Crippen LogP contribution >= 0.6 is 11.6 Å². The largest absolute Gasteiger partial charge is 0.383 e. The molecule has 1 rings (SSSR count). The molecule has 10 heteroatoms. The first kappa shape index (κ1) is 37.6. The average molecular weight is 604 g/mol. The van der Waals surface area contributed by atoms with Crippen LogP contribution in [-0.2, 0) is 28.6 Å². The summed E-state index contributed by atoms with van der Waals surface area (Å²) in [6.07, 6.45) is 10.2. The lowest BCUT2D eigenvalue weighted by atomic mass is 10.0. The van der Waals surface area contributed by atoms with Gasteiger partial charge in [-0.25, -0.2) is 0 Å². The van der Waals surface area contributed by atoms with Crippen LogP contribution in [-0.4, -0.2) is 87.4 Å². The van der Waals surface area contributed by atoms with Gasteiger partial charge in [0.25, 0.3) is 0 Å². The Kier molecular flexibility index (Phi) is 21.2. The van der Waals surface area contributed by atoms with E-state index in [2.05, 4.69) is 24.5 Å². The number of nitrogens with one attached hydrogen (secondary N) is 2. The van der Waals surface area contributed by atoms with E-state index in [1.165, 1.54) is 0 Å². The van der Waals surface area contributed by atoms with Crippen molar-refractivity contribution in [2.75, 3.05) is 47.1 Å². The third kappa shape index (κ3) is 16.7. The van der Waals surface area contributed by atoms with Crippen LogP contribution in [0, 0.1) is 11.8 Å². The molecule has 1 aliphatic rings. The molecule has 0 aliphatic carbocycles. The number of amides is 3. The fourth-order valence-electron chi connectivity index (χ4n) is 5.26. The fraction of sp³-hybridized carbons (Fsp3) is 0.903. The summed E-state index contributed by atoms with van der Waals surface area (Å²) in [5.41, 5.74) is 0. The van der Waals surface area contributed by atoms with Gasteiger partial charge < -0.3 is 29.7 Å². The van der Waals surface area contributed by atoms with Gasteiger partial charge in [-0.2, -0.15) is 0 Å². The quantitative estimate of drug-likeness (QED) is 0.0910.